The van der Waals surface area contributed by atoms with Crippen molar-refractivity contribution in [3.63, 3.8) is 0 Å². The molecule has 3 atom stereocenters. The number of fused-ring (bicyclic) bond motifs is 5. The molecule has 0 saturated heterocycles. The van der Waals surface area contributed by atoms with Crippen LogP contribution in [0.5, 0.6) is 0 Å². The van der Waals surface area contributed by atoms with E-state index in [0.717, 1.165) is 11.8 Å². The molecule has 3 aliphatic carbocycles. The van der Waals surface area contributed by atoms with Crippen molar-refractivity contribution in [2.45, 2.75) is 39.0 Å². The first-order valence-corrected chi connectivity index (χ1v) is 8.61. The molecule has 112 valence electrons. The van der Waals surface area contributed by atoms with Gasteiger partial charge in [0, 0.05) is 5.92 Å². The molecule has 0 amide bonds. The average Bonchev–Trinajstić information content (AvgIpc) is 3.25. The fourth-order valence-electron chi connectivity index (χ4n) is 4.48. The molecule has 0 nitrogen and oxygen atoms in total. The summed E-state index contributed by atoms with van der Waals surface area (Å²) in [5.74, 6) is 2.53. The van der Waals surface area contributed by atoms with Gasteiger partial charge in [0.15, 0.2) is 0 Å². The highest BCUT2D eigenvalue weighted by atomic mass is 14.3. The van der Waals surface area contributed by atoms with E-state index < -0.39 is 0 Å². The lowest BCUT2D eigenvalue weighted by Gasteiger charge is -2.08. The molecular weight excluding hydrogens is 264 g/mol. The summed E-state index contributed by atoms with van der Waals surface area (Å²) in [6, 6.07) is 15.4. The SMILES string of the molecule is C1=CC2CCC1C2.Cc1cccc2c1C(C)c1ccccc1-2. The Labute approximate surface area is 133 Å². The van der Waals surface area contributed by atoms with Crippen LogP contribution in [0, 0.1) is 18.8 Å². The minimum Gasteiger partial charge on any atom is -0.0851 e. The van der Waals surface area contributed by atoms with Crippen LogP contribution in [0.4, 0.5) is 0 Å². The molecule has 0 aliphatic heterocycles. The first-order valence-electron chi connectivity index (χ1n) is 8.61. The Kier molecular flexibility index (Phi) is 3.41. The highest BCUT2D eigenvalue weighted by Crippen LogP contribution is 2.45. The largest absolute Gasteiger partial charge is 0.0851 e. The Morgan fingerprint density at radius 2 is 1.50 bits per heavy atom. The van der Waals surface area contributed by atoms with Crippen LogP contribution in [-0.4, -0.2) is 0 Å². The van der Waals surface area contributed by atoms with Gasteiger partial charge < -0.3 is 0 Å². The van der Waals surface area contributed by atoms with Crippen molar-refractivity contribution >= 4 is 0 Å². The van der Waals surface area contributed by atoms with E-state index in [1.54, 1.807) is 0 Å². The summed E-state index contributed by atoms with van der Waals surface area (Å²) in [6.07, 6.45) is 9.19. The molecule has 2 aromatic carbocycles. The van der Waals surface area contributed by atoms with Crippen LogP contribution >= 0.6 is 0 Å². The van der Waals surface area contributed by atoms with Crippen molar-refractivity contribution < 1.29 is 0 Å². The number of benzene rings is 2. The summed E-state index contributed by atoms with van der Waals surface area (Å²) < 4.78 is 0. The monoisotopic (exact) mass is 288 g/mol. The number of aryl methyl sites for hydroxylation is 1. The van der Waals surface area contributed by atoms with Gasteiger partial charge in [0.1, 0.15) is 0 Å². The van der Waals surface area contributed by atoms with E-state index in [-0.39, 0.29) is 0 Å². The first-order chi connectivity index (χ1) is 10.7. The topological polar surface area (TPSA) is 0 Å². The summed E-state index contributed by atoms with van der Waals surface area (Å²) >= 11 is 0. The number of hydrogen-bond acceptors (Lipinski definition) is 0. The standard InChI is InChI=1S/C15H14.C7H10/c1-10-6-5-9-14-13-8-4-3-7-12(13)11(2)15(10)14;1-2-7-4-3-6(1)5-7/h3-9,11H,1-2H3;1-2,6-7H,3-5H2. The smallest absolute Gasteiger partial charge is 0.00759 e. The molecule has 0 radical (unpaired) electrons. The molecule has 3 unspecified atom stereocenters. The summed E-state index contributed by atoms with van der Waals surface area (Å²) in [7, 11) is 0. The molecule has 22 heavy (non-hydrogen) atoms. The second-order valence-electron chi connectivity index (χ2n) is 7.06. The maximum Gasteiger partial charge on any atom is 0.00759 e. The van der Waals surface area contributed by atoms with E-state index >= 15 is 0 Å². The van der Waals surface area contributed by atoms with Crippen LogP contribution in [0.2, 0.25) is 0 Å². The zero-order chi connectivity index (χ0) is 15.1. The van der Waals surface area contributed by atoms with Crippen LogP contribution in [0.1, 0.15) is 48.8 Å². The molecule has 1 saturated carbocycles. The lowest BCUT2D eigenvalue weighted by atomic mass is 9.95. The maximum atomic E-state index is 2.38. The van der Waals surface area contributed by atoms with Gasteiger partial charge in [-0.25, -0.2) is 0 Å². The van der Waals surface area contributed by atoms with Crippen LogP contribution in [0.25, 0.3) is 11.1 Å². The minimum atomic E-state index is 0.553. The van der Waals surface area contributed by atoms with Crippen molar-refractivity contribution in [2.75, 3.05) is 0 Å². The summed E-state index contributed by atoms with van der Waals surface area (Å²) in [6.45, 7) is 4.51. The van der Waals surface area contributed by atoms with Crippen molar-refractivity contribution in [1.82, 2.24) is 0 Å². The Hall–Kier alpha value is -1.82. The lowest BCUT2D eigenvalue weighted by molar-refractivity contribution is 0.691. The predicted octanol–water partition coefficient (Wildman–Crippen LogP) is 6.10. The van der Waals surface area contributed by atoms with Gasteiger partial charge in [-0.2, -0.15) is 0 Å². The van der Waals surface area contributed by atoms with E-state index in [1.165, 1.54) is 47.1 Å². The van der Waals surface area contributed by atoms with Crippen molar-refractivity contribution in [3.05, 3.63) is 71.3 Å². The highest BCUT2D eigenvalue weighted by Gasteiger charge is 2.26. The third kappa shape index (κ3) is 2.22. The zero-order valence-electron chi connectivity index (χ0n) is 13.5. The molecule has 2 aromatic rings. The molecule has 0 N–H and O–H groups in total. The number of rotatable bonds is 0. The van der Waals surface area contributed by atoms with Gasteiger partial charge in [0.05, 0.1) is 0 Å². The Bertz CT molecular complexity index is 711. The van der Waals surface area contributed by atoms with E-state index in [1.807, 2.05) is 0 Å². The molecule has 0 heteroatoms. The Balaban J connectivity index is 0.000000148. The van der Waals surface area contributed by atoms with Crippen LogP contribution < -0.4 is 0 Å². The molecule has 0 heterocycles. The Morgan fingerprint density at radius 3 is 2.14 bits per heavy atom. The average molecular weight is 288 g/mol. The van der Waals surface area contributed by atoms with Crippen LogP contribution in [0.15, 0.2) is 54.6 Å². The first kappa shape index (κ1) is 13.8. The van der Waals surface area contributed by atoms with Gasteiger partial charge in [0.2, 0.25) is 0 Å². The summed E-state index contributed by atoms with van der Waals surface area (Å²) in [4.78, 5) is 0. The quantitative estimate of drug-likeness (QED) is 0.514. The van der Waals surface area contributed by atoms with E-state index in [4.69, 9.17) is 0 Å². The third-order valence-corrected chi connectivity index (χ3v) is 5.64. The molecular formula is C22H24. The van der Waals surface area contributed by atoms with Crippen LogP contribution in [0.3, 0.4) is 0 Å². The molecule has 0 aromatic heterocycles. The van der Waals surface area contributed by atoms with E-state index in [9.17, 15) is 0 Å². The lowest BCUT2D eigenvalue weighted by Crippen LogP contribution is -1.92. The molecule has 1 fully saturated rings. The normalized spacial score (nSPS) is 26.4. The number of hydrogen-bond donors (Lipinski definition) is 0. The van der Waals surface area contributed by atoms with Crippen LogP contribution in [-0.2, 0) is 0 Å². The number of allylic oxidation sites excluding steroid dienone is 2. The van der Waals surface area contributed by atoms with E-state index in [2.05, 4.69) is 68.5 Å². The third-order valence-electron chi connectivity index (χ3n) is 5.64. The van der Waals surface area contributed by atoms with Gasteiger partial charge in [0.25, 0.3) is 0 Å². The van der Waals surface area contributed by atoms with Gasteiger partial charge >= 0.3 is 0 Å². The highest BCUT2D eigenvalue weighted by molar-refractivity contribution is 5.79. The van der Waals surface area contributed by atoms with Crippen molar-refractivity contribution in [2.24, 2.45) is 11.8 Å². The second kappa shape index (κ2) is 5.43. The van der Waals surface area contributed by atoms with E-state index in [0.29, 0.717) is 5.92 Å². The zero-order valence-corrected chi connectivity index (χ0v) is 13.5. The van der Waals surface area contributed by atoms with Crippen molar-refractivity contribution in [1.29, 1.82) is 0 Å². The maximum absolute atomic E-state index is 2.38. The predicted molar refractivity (Wildman–Crippen MR) is 94.1 cm³/mol. The fourth-order valence-corrected chi connectivity index (χ4v) is 4.48. The van der Waals surface area contributed by atoms with Gasteiger partial charge in [-0.15, -0.1) is 0 Å². The Morgan fingerprint density at radius 1 is 0.818 bits per heavy atom. The van der Waals surface area contributed by atoms with Gasteiger partial charge in [-0.05, 0) is 65.8 Å². The van der Waals surface area contributed by atoms with Gasteiger partial charge in [-0.3, -0.25) is 0 Å². The minimum absolute atomic E-state index is 0.553. The van der Waals surface area contributed by atoms with Gasteiger partial charge in [-0.1, -0.05) is 61.5 Å². The molecule has 3 aliphatic rings. The second-order valence-corrected chi connectivity index (χ2v) is 7.06. The molecule has 2 bridgehead atoms. The molecule has 5 rings (SSSR count). The molecule has 0 spiro atoms. The fraction of sp³-hybridized carbons (Fsp3) is 0.364. The summed E-state index contributed by atoms with van der Waals surface area (Å²) in [5, 5.41) is 0. The summed E-state index contributed by atoms with van der Waals surface area (Å²) in [5.41, 5.74) is 7.25. The van der Waals surface area contributed by atoms with Crippen molar-refractivity contribution in [3.8, 4) is 11.1 Å².